The van der Waals surface area contributed by atoms with Crippen LogP contribution in [-0.2, 0) is 13.0 Å². The van der Waals surface area contributed by atoms with Gasteiger partial charge in [0.15, 0.2) is 6.19 Å². The van der Waals surface area contributed by atoms with Gasteiger partial charge in [0, 0.05) is 20.1 Å². The Morgan fingerprint density at radius 3 is 2.43 bits per heavy atom. The van der Waals surface area contributed by atoms with Crippen molar-refractivity contribution in [3.63, 3.8) is 0 Å². The molecule has 0 unspecified atom stereocenters. The zero-order chi connectivity index (χ0) is 26.6. The minimum atomic E-state index is -4.79. The Labute approximate surface area is 218 Å². The lowest BCUT2D eigenvalue weighted by molar-refractivity contribution is -0.274. The second-order valence-corrected chi connectivity index (χ2v) is 9.39. The van der Waals surface area contributed by atoms with Crippen LogP contribution in [0.1, 0.15) is 45.8 Å². The molecule has 0 radical (unpaired) electrons. The van der Waals surface area contributed by atoms with Gasteiger partial charge in [-0.05, 0) is 66.1 Å². The van der Waals surface area contributed by atoms with Gasteiger partial charge >= 0.3 is 6.36 Å². The largest absolute Gasteiger partial charge is 0.573 e. The molecular formula is C28H25ClF3N3O2. The van der Waals surface area contributed by atoms with Gasteiger partial charge in [-0.1, -0.05) is 54.1 Å². The number of ether oxygens (including phenoxy) is 1. The lowest BCUT2D eigenvalue weighted by Crippen LogP contribution is -2.33. The van der Waals surface area contributed by atoms with Crippen molar-refractivity contribution >= 4 is 23.2 Å². The number of amides is 1. The molecule has 5 nitrogen and oxygen atoms in total. The average molecular weight is 528 g/mol. The van der Waals surface area contributed by atoms with Crippen LogP contribution in [-0.4, -0.2) is 30.8 Å². The predicted molar refractivity (Wildman–Crippen MR) is 135 cm³/mol. The molecule has 1 aliphatic rings. The number of hydrogen-bond donors (Lipinski definition) is 0. The minimum absolute atomic E-state index is 0.223. The first-order valence-electron chi connectivity index (χ1n) is 11.8. The molecule has 192 valence electrons. The fraction of sp³-hybridized carbons (Fsp3) is 0.286. The van der Waals surface area contributed by atoms with Crippen LogP contribution in [0.25, 0.3) is 0 Å². The summed E-state index contributed by atoms with van der Waals surface area (Å²) in [5, 5.41) is 9.69. The van der Waals surface area contributed by atoms with Crippen molar-refractivity contribution in [2.75, 3.05) is 18.5 Å². The molecular weight excluding hydrogens is 503 g/mol. The minimum Gasteiger partial charge on any atom is -0.406 e. The summed E-state index contributed by atoms with van der Waals surface area (Å²) >= 11 is 6.34. The Kier molecular flexibility index (Phi) is 7.94. The maximum atomic E-state index is 13.8. The van der Waals surface area contributed by atoms with Gasteiger partial charge in [0.05, 0.1) is 16.3 Å². The summed E-state index contributed by atoms with van der Waals surface area (Å²) in [6, 6.07) is 18.7. The van der Waals surface area contributed by atoms with Gasteiger partial charge in [-0.2, -0.15) is 5.26 Å². The van der Waals surface area contributed by atoms with Crippen LogP contribution < -0.4 is 9.64 Å². The number of halogens is 4. The highest BCUT2D eigenvalue weighted by atomic mass is 35.5. The van der Waals surface area contributed by atoms with Crippen molar-refractivity contribution in [3.8, 4) is 11.9 Å². The third kappa shape index (κ3) is 6.95. The van der Waals surface area contributed by atoms with Crippen LogP contribution >= 0.6 is 11.6 Å². The Hall–Kier alpha value is -3.70. The molecule has 0 atom stereocenters. The fourth-order valence-corrected chi connectivity index (χ4v) is 4.50. The van der Waals surface area contributed by atoms with Crippen LogP contribution in [0.4, 0.5) is 18.9 Å². The molecule has 4 rings (SSSR count). The summed E-state index contributed by atoms with van der Waals surface area (Å²) in [7, 11) is 1.52. The van der Waals surface area contributed by atoms with E-state index in [9.17, 15) is 23.2 Å². The van der Waals surface area contributed by atoms with E-state index in [0.717, 1.165) is 5.56 Å². The summed E-state index contributed by atoms with van der Waals surface area (Å²) < 4.78 is 42.0. The van der Waals surface area contributed by atoms with Gasteiger partial charge in [0.25, 0.3) is 5.91 Å². The van der Waals surface area contributed by atoms with E-state index in [1.807, 2.05) is 18.3 Å². The molecule has 1 amide bonds. The molecule has 37 heavy (non-hydrogen) atoms. The monoisotopic (exact) mass is 527 g/mol. The topological polar surface area (TPSA) is 56.6 Å². The molecule has 3 aromatic carbocycles. The van der Waals surface area contributed by atoms with Crippen LogP contribution in [0.2, 0.25) is 5.02 Å². The first-order valence-corrected chi connectivity index (χ1v) is 12.2. The summed E-state index contributed by atoms with van der Waals surface area (Å²) in [6.07, 6.45) is -0.137. The molecule has 0 aliphatic heterocycles. The van der Waals surface area contributed by atoms with Gasteiger partial charge < -0.3 is 9.64 Å². The van der Waals surface area contributed by atoms with E-state index in [4.69, 9.17) is 11.6 Å². The number of benzene rings is 3. The van der Waals surface area contributed by atoms with Crippen LogP contribution in [0.3, 0.4) is 0 Å². The predicted octanol–water partition coefficient (Wildman–Crippen LogP) is 6.92. The summed E-state index contributed by atoms with van der Waals surface area (Å²) in [4.78, 5) is 16.6. The molecule has 0 aromatic heterocycles. The Balaban J connectivity index is 1.60. The number of alkyl halides is 3. The van der Waals surface area contributed by atoms with Crippen molar-refractivity contribution < 1.29 is 22.7 Å². The third-order valence-corrected chi connectivity index (χ3v) is 6.50. The number of para-hydroxylation sites is 1. The highest BCUT2D eigenvalue weighted by Crippen LogP contribution is 2.40. The van der Waals surface area contributed by atoms with Crippen molar-refractivity contribution in [1.82, 2.24) is 4.90 Å². The number of carbonyl (C=O) groups is 1. The van der Waals surface area contributed by atoms with Crippen LogP contribution in [0, 0.1) is 11.5 Å². The third-order valence-electron chi connectivity index (χ3n) is 6.19. The Morgan fingerprint density at radius 2 is 1.78 bits per heavy atom. The smallest absolute Gasteiger partial charge is 0.406 e. The van der Waals surface area contributed by atoms with Crippen molar-refractivity contribution in [1.29, 1.82) is 5.26 Å². The second kappa shape index (κ2) is 11.1. The van der Waals surface area contributed by atoms with Gasteiger partial charge in [0.2, 0.25) is 0 Å². The first kappa shape index (κ1) is 26.4. The van der Waals surface area contributed by atoms with E-state index in [2.05, 4.69) is 16.9 Å². The van der Waals surface area contributed by atoms with E-state index in [0.29, 0.717) is 23.6 Å². The molecule has 1 saturated carbocycles. The number of rotatable bonds is 9. The summed E-state index contributed by atoms with van der Waals surface area (Å²) in [6.45, 7) is 0.506. The standard InChI is InChI=1S/C28H25ClF3N3O2/c1-34(18-33)26-24(6-3-7-25(26)29)27(36)35(17-20-8-10-21(11-9-20)22-12-13-22)15-14-19-4-2-5-23(16-19)37-28(30,31)32/h2-11,16,22H,12-15,17H2,1H3. The van der Waals surface area contributed by atoms with E-state index in [1.54, 1.807) is 29.2 Å². The quantitative estimate of drug-likeness (QED) is 0.224. The van der Waals surface area contributed by atoms with Crippen molar-refractivity contribution in [2.24, 2.45) is 0 Å². The van der Waals surface area contributed by atoms with Crippen LogP contribution in [0.15, 0.2) is 66.7 Å². The van der Waals surface area contributed by atoms with Gasteiger partial charge in [-0.15, -0.1) is 13.2 Å². The number of nitrogens with zero attached hydrogens (tertiary/aromatic N) is 3. The average Bonchev–Trinajstić information content (AvgIpc) is 3.71. The van der Waals surface area contributed by atoms with Crippen LogP contribution in [0.5, 0.6) is 5.75 Å². The lowest BCUT2D eigenvalue weighted by Gasteiger charge is -2.26. The van der Waals surface area contributed by atoms with E-state index in [1.165, 1.54) is 48.6 Å². The second-order valence-electron chi connectivity index (χ2n) is 8.98. The molecule has 0 N–H and O–H groups in total. The van der Waals surface area contributed by atoms with Gasteiger partial charge in [-0.3, -0.25) is 9.69 Å². The van der Waals surface area contributed by atoms with Gasteiger partial charge in [-0.25, -0.2) is 0 Å². The van der Waals surface area contributed by atoms with E-state index in [-0.39, 0.29) is 35.3 Å². The zero-order valence-corrected chi connectivity index (χ0v) is 20.9. The number of nitriles is 1. The highest BCUT2D eigenvalue weighted by Gasteiger charge is 2.31. The highest BCUT2D eigenvalue weighted by molar-refractivity contribution is 6.34. The summed E-state index contributed by atoms with van der Waals surface area (Å²) in [5.74, 6) is -0.0478. The Morgan fingerprint density at radius 1 is 1.08 bits per heavy atom. The number of anilines is 1. The molecule has 1 aliphatic carbocycles. The van der Waals surface area contributed by atoms with E-state index < -0.39 is 6.36 Å². The summed E-state index contributed by atoms with van der Waals surface area (Å²) in [5.41, 5.74) is 3.34. The van der Waals surface area contributed by atoms with Gasteiger partial charge in [0.1, 0.15) is 5.75 Å². The fourth-order valence-electron chi connectivity index (χ4n) is 4.20. The van der Waals surface area contributed by atoms with Crippen molar-refractivity contribution in [2.45, 2.75) is 38.1 Å². The van der Waals surface area contributed by atoms with E-state index >= 15 is 0 Å². The zero-order valence-electron chi connectivity index (χ0n) is 20.1. The molecule has 0 spiro atoms. The molecule has 3 aromatic rings. The molecule has 0 saturated heterocycles. The first-order chi connectivity index (χ1) is 17.6. The maximum Gasteiger partial charge on any atom is 0.573 e. The SMILES string of the molecule is CN(C#N)c1c(Cl)cccc1C(=O)N(CCc1cccc(OC(F)(F)F)c1)Cc1ccc(C2CC2)cc1. The van der Waals surface area contributed by atoms with Crippen molar-refractivity contribution in [3.05, 3.63) is 94.0 Å². The molecule has 9 heteroatoms. The number of carbonyl (C=O) groups excluding carboxylic acids is 1. The maximum absolute atomic E-state index is 13.8. The normalized spacial score (nSPS) is 13.1. The molecule has 0 bridgehead atoms. The Bertz CT molecular complexity index is 1300. The molecule has 1 fully saturated rings. The molecule has 0 heterocycles. The lowest BCUT2D eigenvalue weighted by atomic mass is 10.1. The number of hydrogen-bond acceptors (Lipinski definition) is 4.